The Balaban J connectivity index is 1.60. The van der Waals surface area contributed by atoms with Crippen LogP contribution in [0.15, 0.2) is 43.0 Å². The van der Waals surface area contributed by atoms with Crippen molar-refractivity contribution in [3.63, 3.8) is 0 Å². The standard InChI is InChI=1S/C21H30N2O5S/c1-3-17-13-19(22-29(2,26)27)20(23(17)21(24)25)14-28-18-11-9-16(10-12-18)15-7-5-4-6-8-15/h3-8,16-20,22H,1,9-14H2,2H3,(H,24,25)/t16-,17?,18+,19?,20?. The fraction of sp³-hybridized carbons (Fsp3) is 0.571. The van der Waals surface area contributed by atoms with E-state index in [-0.39, 0.29) is 12.7 Å². The number of carboxylic acid groups (broad SMARTS) is 1. The van der Waals surface area contributed by atoms with Crippen LogP contribution in [0.3, 0.4) is 0 Å². The van der Waals surface area contributed by atoms with Crippen LogP contribution in [0.4, 0.5) is 4.79 Å². The molecule has 160 valence electrons. The molecule has 3 atom stereocenters. The monoisotopic (exact) mass is 422 g/mol. The first-order chi connectivity index (χ1) is 13.8. The van der Waals surface area contributed by atoms with Crippen LogP contribution in [0.1, 0.15) is 43.6 Å². The lowest BCUT2D eigenvalue weighted by atomic mass is 9.83. The molecule has 8 heteroatoms. The van der Waals surface area contributed by atoms with Gasteiger partial charge in [-0.25, -0.2) is 17.9 Å². The minimum Gasteiger partial charge on any atom is -0.465 e. The molecule has 1 aliphatic carbocycles. The molecule has 3 unspecified atom stereocenters. The molecular weight excluding hydrogens is 392 g/mol. The van der Waals surface area contributed by atoms with E-state index in [0.29, 0.717) is 12.3 Å². The zero-order valence-corrected chi connectivity index (χ0v) is 17.6. The summed E-state index contributed by atoms with van der Waals surface area (Å²) >= 11 is 0. The van der Waals surface area contributed by atoms with E-state index in [1.807, 2.05) is 6.07 Å². The van der Waals surface area contributed by atoms with E-state index in [4.69, 9.17) is 4.74 Å². The minimum atomic E-state index is -3.46. The molecular formula is C21H30N2O5S. The highest BCUT2D eigenvalue weighted by atomic mass is 32.2. The van der Waals surface area contributed by atoms with Gasteiger partial charge in [0.15, 0.2) is 0 Å². The van der Waals surface area contributed by atoms with Crippen molar-refractivity contribution < 1.29 is 23.1 Å². The van der Waals surface area contributed by atoms with Gasteiger partial charge in [0.25, 0.3) is 0 Å². The van der Waals surface area contributed by atoms with Gasteiger partial charge in [0, 0.05) is 6.04 Å². The smallest absolute Gasteiger partial charge is 0.408 e. The van der Waals surface area contributed by atoms with E-state index in [9.17, 15) is 18.3 Å². The van der Waals surface area contributed by atoms with E-state index in [1.165, 1.54) is 10.5 Å². The number of ether oxygens (including phenoxy) is 1. The number of amides is 1. The summed E-state index contributed by atoms with van der Waals surface area (Å²) < 4.78 is 32.1. The van der Waals surface area contributed by atoms with E-state index in [1.54, 1.807) is 6.08 Å². The minimum absolute atomic E-state index is 0.0623. The van der Waals surface area contributed by atoms with Gasteiger partial charge in [0.2, 0.25) is 10.0 Å². The summed E-state index contributed by atoms with van der Waals surface area (Å²) in [5.41, 5.74) is 1.35. The van der Waals surface area contributed by atoms with Gasteiger partial charge in [-0.15, -0.1) is 6.58 Å². The predicted octanol–water partition coefficient (Wildman–Crippen LogP) is 2.95. The zero-order valence-electron chi connectivity index (χ0n) is 16.7. The molecule has 1 amide bonds. The molecule has 29 heavy (non-hydrogen) atoms. The van der Waals surface area contributed by atoms with Crippen molar-refractivity contribution in [3.05, 3.63) is 48.6 Å². The van der Waals surface area contributed by atoms with Gasteiger partial charge in [-0.2, -0.15) is 0 Å². The normalized spacial score (nSPS) is 30.2. The fourth-order valence-corrected chi connectivity index (χ4v) is 5.39. The Bertz CT molecular complexity index is 806. The predicted molar refractivity (Wildman–Crippen MR) is 111 cm³/mol. The fourth-order valence-electron chi connectivity index (χ4n) is 4.58. The van der Waals surface area contributed by atoms with Gasteiger partial charge >= 0.3 is 6.09 Å². The Labute approximate surface area is 172 Å². The lowest BCUT2D eigenvalue weighted by Gasteiger charge is -2.32. The summed E-state index contributed by atoms with van der Waals surface area (Å²) in [6.07, 6.45) is 5.85. The van der Waals surface area contributed by atoms with Gasteiger partial charge in [-0.3, -0.25) is 4.90 Å². The molecule has 1 aromatic rings. The molecule has 1 aromatic carbocycles. The molecule has 2 aliphatic rings. The van der Waals surface area contributed by atoms with Crippen LogP contribution in [-0.2, 0) is 14.8 Å². The second-order valence-corrected chi connectivity index (χ2v) is 9.79. The highest BCUT2D eigenvalue weighted by Gasteiger charge is 2.44. The number of hydrogen-bond donors (Lipinski definition) is 2. The second-order valence-electron chi connectivity index (χ2n) is 8.01. The topological polar surface area (TPSA) is 95.9 Å². The molecule has 0 spiro atoms. The third-order valence-corrected chi connectivity index (χ3v) is 6.71. The summed E-state index contributed by atoms with van der Waals surface area (Å²) in [4.78, 5) is 13.1. The van der Waals surface area contributed by atoms with Crippen molar-refractivity contribution in [2.24, 2.45) is 0 Å². The average Bonchev–Trinajstić information content (AvgIpc) is 3.03. The number of sulfonamides is 1. The van der Waals surface area contributed by atoms with Crippen molar-refractivity contribution in [1.82, 2.24) is 9.62 Å². The first kappa shape index (κ1) is 21.8. The maximum atomic E-state index is 11.8. The Morgan fingerprint density at radius 3 is 2.48 bits per heavy atom. The molecule has 1 aliphatic heterocycles. The molecule has 0 aromatic heterocycles. The molecule has 7 nitrogen and oxygen atoms in total. The largest absolute Gasteiger partial charge is 0.465 e. The Morgan fingerprint density at radius 2 is 1.93 bits per heavy atom. The van der Waals surface area contributed by atoms with Gasteiger partial charge in [-0.1, -0.05) is 36.4 Å². The highest BCUT2D eigenvalue weighted by molar-refractivity contribution is 7.88. The Hall–Kier alpha value is -1.90. The van der Waals surface area contributed by atoms with E-state index in [2.05, 4.69) is 35.6 Å². The number of rotatable bonds is 7. The molecule has 3 rings (SSSR count). The highest BCUT2D eigenvalue weighted by Crippen LogP contribution is 2.34. The van der Waals surface area contributed by atoms with Crippen molar-refractivity contribution in [2.75, 3.05) is 12.9 Å². The molecule has 0 bridgehead atoms. The van der Waals surface area contributed by atoms with Gasteiger partial charge in [0.1, 0.15) is 0 Å². The molecule has 0 radical (unpaired) electrons. The third kappa shape index (κ3) is 5.58. The van der Waals surface area contributed by atoms with Gasteiger partial charge in [-0.05, 0) is 43.6 Å². The maximum Gasteiger partial charge on any atom is 0.408 e. The SMILES string of the molecule is C=CC1CC(NS(C)(=O)=O)C(CO[C@H]2CC[C@@H](c3ccccc3)CC2)N1C(=O)O. The average molecular weight is 423 g/mol. The van der Waals surface area contributed by atoms with Crippen LogP contribution in [0.2, 0.25) is 0 Å². The summed E-state index contributed by atoms with van der Waals surface area (Å²) in [6.45, 7) is 3.88. The van der Waals surface area contributed by atoms with Crippen LogP contribution in [-0.4, -0.2) is 61.6 Å². The molecule has 1 saturated heterocycles. The maximum absolute atomic E-state index is 11.8. The molecule has 1 heterocycles. The van der Waals surface area contributed by atoms with Crippen LogP contribution in [0.25, 0.3) is 0 Å². The first-order valence-electron chi connectivity index (χ1n) is 10.1. The second kappa shape index (κ2) is 9.28. The van der Waals surface area contributed by atoms with E-state index >= 15 is 0 Å². The van der Waals surface area contributed by atoms with Gasteiger partial charge in [0.05, 0.1) is 31.1 Å². The molecule has 2 N–H and O–H groups in total. The molecule has 1 saturated carbocycles. The summed E-state index contributed by atoms with van der Waals surface area (Å²) in [7, 11) is -3.46. The zero-order chi connectivity index (χ0) is 21.0. The summed E-state index contributed by atoms with van der Waals surface area (Å²) in [5.74, 6) is 0.530. The van der Waals surface area contributed by atoms with Crippen LogP contribution >= 0.6 is 0 Å². The Kier molecular flexibility index (Phi) is 6.97. The lowest BCUT2D eigenvalue weighted by molar-refractivity contribution is -0.00609. The van der Waals surface area contributed by atoms with Crippen molar-refractivity contribution in [1.29, 1.82) is 0 Å². The summed E-state index contributed by atoms with van der Waals surface area (Å²) in [5, 5.41) is 9.64. The third-order valence-electron chi connectivity index (χ3n) is 5.98. The number of nitrogens with zero attached hydrogens (tertiary/aromatic N) is 1. The Morgan fingerprint density at radius 1 is 1.28 bits per heavy atom. The number of hydrogen-bond acceptors (Lipinski definition) is 4. The number of carbonyl (C=O) groups is 1. The van der Waals surface area contributed by atoms with Gasteiger partial charge < -0.3 is 9.84 Å². The number of likely N-dealkylation sites (tertiary alicyclic amines) is 1. The van der Waals surface area contributed by atoms with Crippen molar-refractivity contribution in [3.8, 4) is 0 Å². The van der Waals surface area contributed by atoms with Crippen LogP contribution < -0.4 is 4.72 Å². The number of nitrogens with one attached hydrogen (secondary N) is 1. The quantitative estimate of drug-likeness (QED) is 0.659. The van der Waals surface area contributed by atoms with Crippen LogP contribution in [0, 0.1) is 0 Å². The van der Waals surface area contributed by atoms with Crippen molar-refractivity contribution >= 4 is 16.1 Å². The van der Waals surface area contributed by atoms with Crippen LogP contribution in [0.5, 0.6) is 0 Å². The summed E-state index contributed by atoms with van der Waals surface area (Å²) in [6, 6.07) is 8.92. The van der Waals surface area contributed by atoms with Crippen molar-refractivity contribution in [2.45, 2.75) is 62.3 Å². The van der Waals surface area contributed by atoms with E-state index in [0.717, 1.165) is 31.9 Å². The first-order valence-corrected chi connectivity index (χ1v) is 11.9. The molecule has 2 fully saturated rings. The van der Waals surface area contributed by atoms with E-state index < -0.39 is 34.2 Å². The lowest BCUT2D eigenvalue weighted by Crippen LogP contribution is -2.50. The number of benzene rings is 1.